The molecule has 1 saturated heterocycles. The third-order valence-corrected chi connectivity index (χ3v) is 3.71. The Morgan fingerprint density at radius 1 is 1.26 bits per heavy atom. The highest BCUT2D eigenvalue weighted by Crippen LogP contribution is 2.23. The molecular weight excluding hydrogens is 287 g/mol. The number of carbonyl (C=O) groups is 1. The SMILES string of the molecule is O=C(Nc1cc(Cl)cc(Cl)c1)N1CCC(CO)CC1. The summed E-state index contributed by atoms with van der Waals surface area (Å²) in [6, 6.07) is 4.78. The fourth-order valence-electron chi connectivity index (χ4n) is 2.15. The molecule has 2 N–H and O–H groups in total. The molecule has 1 fully saturated rings. The minimum atomic E-state index is -0.158. The van der Waals surface area contributed by atoms with Crippen LogP contribution in [0.2, 0.25) is 10.0 Å². The number of nitrogens with zero attached hydrogens (tertiary/aromatic N) is 1. The molecule has 2 rings (SSSR count). The lowest BCUT2D eigenvalue weighted by Gasteiger charge is -2.31. The zero-order valence-corrected chi connectivity index (χ0v) is 11.9. The fourth-order valence-corrected chi connectivity index (χ4v) is 2.67. The van der Waals surface area contributed by atoms with Gasteiger partial charge in [0.1, 0.15) is 0 Å². The van der Waals surface area contributed by atoms with E-state index in [4.69, 9.17) is 28.3 Å². The Kier molecular flexibility index (Phi) is 4.91. The summed E-state index contributed by atoms with van der Waals surface area (Å²) < 4.78 is 0. The maximum Gasteiger partial charge on any atom is 0.321 e. The number of benzene rings is 1. The summed E-state index contributed by atoms with van der Waals surface area (Å²) in [4.78, 5) is 13.8. The van der Waals surface area contributed by atoms with Crippen molar-refractivity contribution in [2.75, 3.05) is 25.0 Å². The van der Waals surface area contributed by atoms with E-state index in [0.717, 1.165) is 12.8 Å². The molecule has 1 heterocycles. The highest BCUT2D eigenvalue weighted by Gasteiger charge is 2.22. The van der Waals surface area contributed by atoms with Gasteiger partial charge in [0.15, 0.2) is 0 Å². The van der Waals surface area contributed by atoms with Crippen LogP contribution in [0.15, 0.2) is 18.2 Å². The molecule has 0 aromatic heterocycles. The molecule has 2 amide bonds. The molecule has 19 heavy (non-hydrogen) atoms. The summed E-state index contributed by atoms with van der Waals surface area (Å²) in [6.45, 7) is 1.51. The number of amides is 2. The van der Waals surface area contributed by atoms with Gasteiger partial charge in [-0.15, -0.1) is 0 Å². The number of hydrogen-bond acceptors (Lipinski definition) is 2. The molecule has 4 nitrogen and oxygen atoms in total. The van der Waals surface area contributed by atoms with Crippen LogP contribution in [0, 0.1) is 5.92 Å². The van der Waals surface area contributed by atoms with E-state index >= 15 is 0 Å². The first-order chi connectivity index (χ1) is 9.08. The van der Waals surface area contributed by atoms with Crippen molar-refractivity contribution in [1.82, 2.24) is 4.90 Å². The second kappa shape index (κ2) is 6.46. The number of carbonyl (C=O) groups excluding carboxylic acids is 1. The monoisotopic (exact) mass is 302 g/mol. The van der Waals surface area contributed by atoms with Gasteiger partial charge in [-0.1, -0.05) is 23.2 Å². The van der Waals surface area contributed by atoms with Gasteiger partial charge in [-0.25, -0.2) is 4.79 Å². The van der Waals surface area contributed by atoms with Crippen molar-refractivity contribution < 1.29 is 9.90 Å². The number of likely N-dealkylation sites (tertiary alicyclic amines) is 1. The Bertz CT molecular complexity index is 440. The predicted molar refractivity (Wildman–Crippen MR) is 76.9 cm³/mol. The molecule has 0 aliphatic carbocycles. The third kappa shape index (κ3) is 4.00. The van der Waals surface area contributed by atoms with E-state index in [0.29, 0.717) is 34.7 Å². The molecule has 0 bridgehead atoms. The number of aliphatic hydroxyl groups is 1. The topological polar surface area (TPSA) is 52.6 Å². The van der Waals surface area contributed by atoms with Crippen LogP contribution in [0.3, 0.4) is 0 Å². The fraction of sp³-hybridized carbons (Fsp3) is 0.462. The van der Waals surface area contributed by atoms with Gasteiger partial charge >= 0.3 is 6.03 Å². The number of urea groups is 1. The van der Waals surface area contributed by atoms with Crippen molar-refractivity contribution in [3.8, 4) is 0 Å². The van der Waals surface area contributed by atoms with Crippen molar-refractivity contribution in [2.45, 2.75) is 12.8 Å². The number of hydrogen-bond donors (Lipinski definition) is 2. The largest absolute Gasteiger partial charge is 0.396 e. The van der Waals surface area contributed by atoms with Crippen LogP contribution in [0.5, 0.6) is 0 Å². The molecular formula is C13H16Cl2N2O2. The summed E-state index contributed by atoms with van der Waals surface area (Å²) in [5.41, 5.74) is 0.590. The minimum Gasteiger partial charge on any atom is -0.396 e. The Labute approximate surface area is 122 Å². The standard InChI is InChI=1S/C13H16Cl2N2O2/c14-10-5-11(15)7-12(6-10)16-13(19)17-3-1-9(8-18)2-4-17/h5-7,9,18H,1-4,8H2,(H,16,19). The average molecular weight is 303 g/mol. The van der Waals surface area contributed by atoms with Gasteiger partial charge in [-0.05, 0) is 37.0 Å². The van der Waals surface area contributed by atoms with Crippen molar-refractivity contribution in [1.29, 1.82) is 0 Å². The van der Waals surface area contributed by atoms with Crippen LogP contribution in [0.1, 0.15) is 12.8 Å². The molecule has 0 unspecified atom stereocenters. The van der Waals surface area contributed by atoms with Crippen LogP contribution in [0.4, 0.5) is 10.5 Å². The number of piperidine rings is 1. The van der Waals surface area contributed by atoms with E-state index in [1.165, 1.54) is 0 Å². The van der Waals surface area contributed by atoms with Gasteiger partial charge in [0.05, 0.1) is 0 Å². The first-order valence-electron chi connectivity index (χ1n) is 6.21. The molecule has 1 aliphatic heterocycles. The Hall–Kier alpha value is -0.970. The molecule has 0 radical (unpaired) electrons. The lowest BCUT2D eigenvalue weighted by molar-refractivity contribution is 0.143. The third-order valence-electron chi connectivity index (χ3n) is 3.27. The summed E-state index contributed by atoms with van der Waals surface area (Å²) in [7, 11) is 0. The first kappa shape index (κ1) is 14.4. The molecule has 1 aromatic carbocycles. The van der Waals surface area contributed by atoms with Gasteiger partial charge in [0.2, 0.25) is 0 Å². The number of anilines is 1. The Morgan fingerprint density at radius 2 is 1.84 bits per heavy atom. The summed E-state index contributed by atoms with van der Waals surface area (Å²) >= 11 is 11.8. The van der Waals surface area contributed by atoms with E-state index in [1.807, 2.05) is 0 Å². The summed E-state index contributed by atoms with van der Waals surface area (Å²) in [5, 5.41) is 12.8. The maximum atomic E-state index is 12.1. The second-order valence-electron chi connectivity index (χ2n) is 4.70. The van der Waals surface area contributed by atoms with Gasteiger partial charge in [0.25, 0.3) is 0 Å². The zero-order valence-electron chi connectivity index (χ0n) is 10.4. The molecule has 0 spiro atoms. The van der Waals surface area contributed by atoms with Gasteiger partial charge in [-0.3, -0.25) is 0 Å². The van der Waals surface area contributed by atoms with Crippen molar-refractivity contribution in [3.63, 3.8) is 0 Å². The minimum absolute atomic E-state index is 0.158. The highest BCUT2D eigenvalue weighted by molar-refractivity contribution is 6.35. The Balaban J connectivity index is 1.94. The molecule has 6 heteroatoms. The lowest BCUT2D eigenvalue weighted by Crippen LogP contribution is -2.41. The number of rotatable bonds is 2. The number of aliphatic hydroxyl groups excluding tert-OH is 1. The molecule has 0 saturated carbocycles. The van der Waals surface area contributed by atoms with Gasteiger partial charge < -0.3 is 15.3 Å². The van der Waals surface area contributed by atoms with Crippen LogP contribution in [0.25, 0.3) is 0 Å². The van der Waals surface area contributed by atoms with Crippen LogP contribution >= 0.6 is 23.2 Å². The zero-order chi connectivity index (χ0) is 13.8. The molecule has 1 aromatic rings. The van der Waals surface area contributed by atoms with E-state index in [1.54, 1.807) is 23.1 Å². The lowest BCUT2D eigenvalue weighted by atomic mass is 9.98. The second-order valence-corrected chi connectivity index (χ2v) is 5.57. The van der Waals surface area contributed by atoms with Gasteiger partial charge in [0, 0.05) is 35.4 Å². The van der Waals surface area contributed by atoms with Crippen molar-refractivity contribution >= 4 is 34.9 Å². The maximum absolute atomic E-state index is 12.1. The summed E-state index contributed by atoms with van der Waals surface area (Å²) in [5.74, 6) is 0.310. The van der Waals surface area contributed by atoms with Crippen molar-refractivity contribution in [2.24, 2.45) is 5.92 Å². The van der Waals surface area contributed by atoms with E-state index in [9.17, 15) is 4.79 Å². The smallest absolute Gasteiger partial charge is 0.321 e. The number of nitrogens with one attached hydrogen (secondary N) is 1. The Morgan fingerprint density at radius 3 is 2.37 bits per heavy atom. The average Bonchev–Trinajstić information content (AvgIpc) is 2.37. The highest BCUT2D eigenvalue weighted by atomic mass is 35.5. The van der Waals surface area contributed by atoms with E-state index in [2.05, 4.69) is 5.32 Å². The number of halogens is 2. The summed E-state index contributed by atoms with van der Waals surface area (Å²) in [6.07, 6.45) is 1.67. The molecule has 1 aliphatic rings. The predicted octanol–water partition coefficient (Wildman–Crippen LogP) is 3.23. The van der Waals surface area contributed by atoms with Crippen molar-refractivity contribution in [3.05, 3.63) is 28.2 Å². The van der Waals surface area contributed by atoms with E-state index < -0.39 is 0 Å². The molecule has 0 atom stereocenters. The van der Waals surface area contributed by atoms with Crippen LogP contribution in [-0.2, 0) is 0 Å². The van der Waals surface area contributed by atoms with Crippen LogP contribution in [-0.4, -0.2) is 35.7 Å². The van der Waals surface area contributed by atoms with Crippen LogP contribution < -0.4 is 5.32 Å². The molecule has 104 valence electrons. The van der Waals surface area contributed by atoms with Gasteiger partial charge in [-0.2, -0.15) is 0 Å². The van der Waals surface area contributed by atoms with E-state index in [-0.39, 0.29) is 12.6 Å². The first-order valence-corrected chi connectivity index (χ1v) is 6.97. The quantitative estimate of drug-likeness (QED) is 0.881. The normalized spacial score (nSPS) is 16.5.